The number of para-hydroxylation sites is 1. The van der Waals surface area contributed by atoms with Gasteiger partial charge in [0.2, 0.25) is 0 Å². The Kier molecular flexibility index (Phi) is 8.67. The van der Waals surface area contributed by atoms with Gasteiger partial charge in [0.15, 0.2) is 0 Å². The monoisotopic (exact) mass is 576 g/mol. The molecule has 0 unspecified atom stereocenters. The predicted octanol–water partition coefficient (Wildman–Crippen LogP) is 3.60. The summed E-state index contributed by atoms with van der Waals surface area (Å²) in [4.78, 5) is 26.9. The van der Waals surface area contributed by atoms with Gasteiger partial charge in [0.05, 0.1) is 24.1 Å². The number of methoxy groups -OCH3 is 1. The molecule has 0 bridgehead atoms. The molecule has 0 saturated carbocycles. The molecule has 3 heterocycles. The van der Waals surface area contributed by atoms with Crippen molar-refractivity contribution < 1.29 is 17.9 Å². The summed E-state index contributed by atoms with van der Waals surface area (Å²) in [6, 6.07) is 19.4. The molecule has 1 aliphatic heterocycles. The first-order valence-corrected chi connectivity index (χ1v) is 15.2. The molecule has 0 spiro atoms. The van der Waals surface area contributed by atoms with Gasteiger partial charge in [0, 0.05) is 50.0 Å². The maximum Gasteiger partial charge on any atom is 0.328 e. The Morgan fingerprint density at radius 2 is 1.56 bits per heavy atom. The van der Waals surface area contributed by atoms with E-state index in [0.29, 0.717) is 24.7 Å². The number of aromatic nitrogens is 3. The summed E-state index contributed by atoms with van der Waals surface area (Å²) in [6.45, 7) is 8.19. The van der Waals surface area contributed by atoms with Crippen molar-refractivity contribution in [2.75, 3.05) is 38.6 Å². The zero-order valence-corrected chi connectivity index (χ0v) is 24.4. The Morgan fingerprint density at radius 1 is 0.902 bits per heavy atom. The highest BCUT2D eigenvalue weighted by molar-refractivity contribution is 7.90. The van der Waals surface area contributed by atoms with Crippen molar-refractivity contribution in [2.45, 2.75) is 37.9 Å². The highest BCUT2D eigenvalue weighted by atomic mass is 32.2. The van der Waals surface area contributed by atoms with E-state index in [1.165, 1.54) is 11.1 Å². The summed E-state index contributed by atoms with van der Waals surface area (Å²) >= 11 is 0. The van der Waals surface area contributed by atoms with Crippen molar-refractivity contribution in [3.05, 3.63) is 84.4 Å². The van der Waals surface area contributed by atoms with Gasteiger partial charge in [-0.2, -0.15) is 0 Å². The van der Waals surface area contributed by atoms with Gasteiger partial charge in [-0.25, -0.2) is 27.2 Å². The van der Waals surface area contributed by atoms with Crippen LogP contribution in [0.1, 0.15) is 25.4 Å². The zero-order valence-electron chi connectivity index (χ0n) is 23.6. The maximum atomic E-state index is 13.2. The van der Waals surface area contributed by atoms with Crippen LogP contribution >= 0.6 is 0 Å². The molecule has 1 aliphatic rings. The summed E-state index contributed by atoms with van der Waals surface area (Å²) in [5, 5.41) is 4.16. The van der Waals surface area contributed by atoms with E-state index in [4.69, 9.17) is 14.7 Å². The third-order valence-corrected chi connectivity index (χ3v) is 9.11. The topological polar surface area (TPSA) is 110 Å². The first kappa shape index (κ1) is 28.7. The van der Waals surface area contributed by atoms with Crippen molar-refractivity contribution >= 4 is 32.7 Å². The summed E-state index contributed by atoms with van der Waals surface area (Å²) in [5.74, 6) is 0.975. The van der Waals surface area contributed by atoms with Gasteiger partial charge < -0.3 is 10.1 Å². The molecule has 10 nitrogen and oxygen atoms in total. The van der Waals surface area contributed by atoms with E-state index in [1.54, 1.807) is 42.6 Å². The average molecular weight is 577 g/mol. The molecule has 5 rings (SSSR count). The van der Waals surface area contributed by atoms with Gasteiger partial charge >= 0.3 is 5.97 Å². The van der Waals surface area contributed by atoms with Gasteiger partial charge in [-0.3, -0.25) is 9.80 Å². The molecule has 1 N–H and O–H groups in total. The van der Waals surface area contributed by atoms with Gasteiger partial charge in [0.25, 0.3) is 10.0 Å². The number of nitrogens with zero attached hydrogens (tertiary/aromatic N) is 5. The van der Waals surface area contributed by atoms with Crippen LogP contribution in [0.25, 0.3) is 10.9 Å². The fraction of sp³-hybridized carbons (Fsp3) is 0.367. The Labute approximate surface area is 241 Å². The number of piperazine rings is 1. The van der Waals surface area contributed by atoms with Crippen LogP contribution in [0.4, 0.5) is 5.82 Å². The van der Waals surface area contributed by atoms with Gasteiger partial charge in [-0.15, -0.1) is 0 Å². The molecule has 1 atom stereocenters. The first-order chi connectivity index (χ1) is 19.8. The highest BCUT2D eigenvalue weighted by Crippen LogP contribution is 2.24. The van der Waals surface area contributed by atoms with E-state index >= 15 is 0 Å². The number of fused-ring (bicyclic) bond motifs is 1. The lowest BCUT2D eigenvalue weighted by molar-refractivity contribution is -0.142. The third-order valence-electron chi connectivity index (χ3n) is 7.37. The molecule has 0 amide bonds. The molecular weight excluding hydrogens is 540 g/mol. The second-order valence-corrected chi connectivity index (χ2v) is 12.4. The van der Waals surface area contributed by atoms with E-state index in [9.17, 15) is 13.2 Å². The van der Waals surface area contributed by atoms with Crippen LogP contribution in [0.2, 0.25) is 0 Å². The molecule has 1 saturated heterocycles. The smallest absolute Gasteiger partial charge is 0.328 e. The summed E-state index contributed by atoms with van der Waals surface area (Å²) in [7, 11) is -2.25. The minimum atomic E-state index is -3.64. The molecule has 2 aromatic carbocycles. The number of carbonyl (C=O) groups is 1. The van der Waals surface area contributed by atoms with Crippen molar-refractivity contribution in [1.29, 1.82) is 0 Å². The van der Waals surface area contributed by atoms with E-state index in [-0.39, 0.29) is 16.8 Å². The molecule has 0 aliphatic carbocycles. The number of esters is 1. The highest BCUT2D eigenvalue weighted by Gasteiger charge is 2.26. The number of anilines is 1. The molecule has 11 heteroatoms. The van der Waals surface area contributed by atoms with E-state index < -0.39 is 16.1 Å². The fourth-order valence-corrected chi connectivity index (χ4v) is 6.46. The lowest BCUT2D eigenvalue weighted by Gasteiger charge is -2.34. The number of rotatable bonds is 10. The average Bonchev–Trinajstić information content (AvgIpc) is 3.46. The molecule has 41 heavy (non-hydrogen) atoms. The molecular formula is C30H36N6O4S. The number of hydrogen-bond donors (Lipinski definition) is 1. The van der Waals surface area contributed by atoms with Crippen LogP contribution in [-0.4, -0.2) is 77.5 Å². The van der Waals surface area contributed by atoms with Crippen molar-refractivity contribution in [3.8, 4) is 0 Å². The van der Waals surface area contributed by atoms with Crippen molar-refractivity contribution in [3.63, 3.8) is 0 Å². The van der Waals surface area contributed by atoms with Crippen LogP contribution in [-0.2, 0) is 32.6 Å². The van der Waals surface area contributed by atoms with Crippen LogP contribution in [0.5, 0.6) is 0 Å². The molecule has 0 radical (unpaired) electrons. The lowest BCUT2D eigenvalue weighted by atomic mass is 10.0. The number of nitrogens with one attached hydrogen (secondary N) is 1. The van der Waals surface area contributed by atoms with Crippen LogP contribution in [0.3, 0.4) is 0 Å². The molecule has 4 aromatic rings. The standard InChI is InChI=1S/C30H36N6O4S/c1-22(2)28(30(37)40-3)33-29-25-13-7-8-14-26(25)31-27(32-29)21-35-18-16-34(17-19-35)20-23-10-9-15-36(23)41(38,39)24-11-5-4-6-12-24/h4-15,22,28H,16-21H2,1-3H3,(H,31,32,33)/t28-/m0/s1. The van der Waals surface area contributed by atoms with Crippen molar-refractivity contribution in [2.24, 2.45) is 5.92 Å². The normalized spacial score (nSPS) is 15.7. The third kappa shape index (κ3) is 6.42. The fourth-order valence-electron chi connectivity index (χ4n) is 5.08. The van der Waals surface area contributed by atoms with Gasteiger partial charge in [-0.05, 0) is 42.3 Å². The minimum Gasteiger partial charge on any atom is -0.467 e. The second kappa shape index (κ2) is 12.4. The number of benzene rings is 2. The summed E-state index contributed by atoms with van der Waals surface area (Å²) in [6.07, 6.45) is 1.61. The van der Waals surface area contributed by atoms with Crippen LogP contribution in [0.15, 0.2) is 77.8 Å². The van der Waals surface area contributed by atoms with Crippen LogP contribution < -0.4 is 5.32 Å². The molecule has 216 valence electrons. The Bertz CT molecular complexity index is 1600. The Balaban J connectivity index is 1.26. The first-order valence-electron chi connectivity index (χ1n) is 13.8. The molecule has 2 aromatic heterocycles. The lowest BCUT2D eigenvalue weighted by Crippen LogP contribution is -2.46. The van der Waals surface area contributed by atoms with Gasteiger partial charge in [-0.1, -0.05) is 44.2 Å². The van der Waals surface area contributed by atoms with E-state index in [0.717, 1.165) is 42.8 Å². The predicted molar refractivity (Wildman–Crippen MR) is 158 cm³/mol. The Morgan fingerprint density at radius 3 is 2.24 bits per heavy atom. The number of carbonyl (C=O) groups excluding carboxylic acids is 1. The van der Waals surface area contributed by atoms with Crippen LogP contribution in [0, 0.1) is 5.92 Å². The maximum absolute atomic E-state index is 13.2. The van der Waals surface area contributed by atoms with Gasteiger partial charge in [0.1, 0.15) is 17.7 Å². The largest absolute Gasteiger partial charge is 0.467 e. The summed E-state index contributed by atoms with van der Waals surface area (Å²) in [5.41, 5.74) is 1.55. The van der Waals surface area contributed by atoms with E-state index in [2.05, 4.69) is 15.1 Å². The minimum absolute atomic E-state index is 0.0106. The van der Waals surface area contributed by atoms with E-state index in [1.807, 2.05) is 44.2 Å². The Hall–Kier alpha value is -3.80. The summed E-state index contributed by atoms with van der Waals surface area (Å²) < 4.78 is 32.8. The quantitative estimate of drug-likeness (QED) is 0.283. The number of ether oxygens (including phenoxy) is 1. The zero-order chi connectivity index (χ0) is 29.0. The van der Waals surface area contributed by atoms with Crippen molar-refractivity contribution in [1.82, 2.24) is 23.7 Å². The molecule has 1 fully saturated rings. The SMILES string of the molecule is COC(=O)[C@@H](Nc1nc(CN2CCN(Cc3cccn3S(=O)(=O)c3ccccc3)CC2)nc2ccccc12)C(C)C. The second-order valence-electron chi connectivity index (χ2n) is 10.6. The number of hydrogen-bond acceptors (Lipinski definition) is 9.